The molecular formula is C27H37NO6. The molecule has 0 amide bonds. The Hall–Kier alpha value is -2.93. The van der Waals surface area contributed by atoms with Gasteiger partial charge in [-0.05, 0) is 31.7 Å². The molecule has 0 spiro atoms. The number of ether oxygens (including phenoxy) is 3. The predicted octanol–water partition coefficient (Wildman–Crippen LogP) is 5.00. The fraction of sp³-hybridized carbons (Fsp3) is 0.519. The van der Waals surface area contributed by atoms with Gasteiger partial charge in [0.25, 0.3) is 0 Å². The molecule has 2 rings (SSSR count). The van der Waals surface area contributed by atoms with E-state index in [0.717, 1.165) is 18.4 Å². The van der Waals surface area contributed by atoms with Crippen molar-refractivity contribution in [3.05, 3.63) is 53.9 Å². The Morgan fingerprint density at radius 3 is 2.41 bits per heavy atom. The fourth-order valence-electron chi connectivity index (χ4n) is 3.95. The summed E-state index contributed by atoms with van der Waals surface area (Å²) >= 11 is 0. The first kappa shape index (κ1) is 27.3. The summed E-state index contributed by atoms with van der Waals surface area (Å²) in [4.78, 5) is 29.5. The minimum absolute atomic E-state index is 0.0325. The van der Waals surface area contributed by atoms with Gasteiger partial charge in [0.15, 0.2) is 23.0 Å². The van der Waals surface area contributed by atoms with E-state index < -0.39 is 23.8 Å². The van der Waals surface area contributed by atoms with Crippen LogP contribution in [0.4, 0.5) is 0 Å². The Labute approximate surface area is 202 Å². The molecule has 0 aliphatic heterocycles. The van der Waals surface area contributed by atoms with E-state index in [4.69, 9.17) is 14.2 Å². The van der Waals surface area contributed by atoms with Crippen LogP contribution in [0, 0.1) is 11.8 Å². The maximum atomic E-state index is 12.9. The molecule has 0 saturated carbocycles. The monoisotopic (exact) mass is 471 g/mol. The average Bonchev–Trinajstić information content (AvgIpc) is 2.84. The fourth-order valence-corrected chi connectivity index (χ4v) is 3.95. The van der Waals surface area contributed by atoms with Gasteiger partial charge >= 0.3 is 5.97 Å². The average molecular weight is 472 g/mol. The second-order valence-electron chi connectivity index (χ2n) is 8.55. The Morgan fingerprint density at radius 1 is 1.09 bits per heavy atom. The number of benzene rings is 1. The molecule has 34 heavy (non-hydrogen) atoms. The van der Waals surface area contributed by atoms with Gasteiger partial charge in [-0.1, -0.05) is 51.1 Å². The molecule has 0 fully saturated rings. The number of aromatic nitrogens is 1. The first-order chi connectivity index (χ1) is 16.3. The molecule has 7 nitrogen and oxygen atoms in total. The highest BCUT2D eigenvalue weighted by Crippen LogP contribution is 2.29. The highest BCUT2D eigenvalue weighted by molar-refractivity contribution is 5.99. The first-order valence-corrected chi connectivity index (χ1v) is 11.9. The van der Waals surface area contributed by atoms with Crippen LogP contribution in [0.3, 0.4) is 0 Å². The third-order valence-electron chi connectivity index (χ3n) is 5.90. The number of ketones is 1. The van der Waals surface area contributed by atoms with Crippen molar-refractivity contribution in [2.24, 2.45) is 11.8 Å². The van der Waals surface area contributed by atoms with Crippen LogP contribution in [0.1, 0.15) is 63.0 Å². The molecule has 1 aromatic heterocycles. The number of aromatic hydroxyl groups is 1. The number of carbonyl (C=O) groups excluding carboxylic acids is 2. The maximum Gasteiger partial charge on any atom is 0.309 e. The molecule has 1 heterocycles. The largest absolute Gasteiger partial charge is 0.503 e. The number of Topliss-reactive ketones (excluding diaryl/α,β-unsaturated/α-hetero) is 1. The number of rotatable bonds is 14. The Morgan fingerprint density at radius 2 is 1.79 bits per heavy atom. The minimum atomic E-state index is -0.698. The molecule has 7 heteroatoms. The van der Waals surface area contributed by atoms with Crippen molar-refractivity contribution in [2.45, 2.75) is 65.6 Å². The van der Waals surface area contributed by atoms with Crippen molar-refractivity contribution in [3.63, 3.8) is 0 Å². The number of carbonyl (C=O) groups is 2. The third kappa shape index (κ3) is 7.55. The highest BCUT2D eigenvalue weighted by atomic mass is 16.5. The molecule has 0 bridgehead atoms. The highest BCUT2D eigenvalue weighted by Gasteiger charge is 2.31. The van der Waals surface area contributed by atoms with Crippen LogP contribution in [0.2, 0.25) is 0 Å². The smallest absolute Gasteiger partial charge is 0.309 e. The second kappa shape index (κ2) is 13.7. The summed E-state index contributed by atoms with van der Waals surface area (Å²) in [5, 5.41) is 10.2. The number of nitrogens with zero attached hydrogens (tertiary/aromatic N) is 1. The summed E-state index contributed by atoms with van der Waals surface area (Å²) in [5.74, 6) is -1.82. The van der Waals surface area contributed by atoms with Crippen molar-refractivity contribution in [2.75, 3.05) is 13.7 Å². The quantitative estimate of drug-likeness (QED) is 0.306. The standard InChI is InChI=1S/C27H37NO6/c1-6-15-33-23(7-2)21(17-20-11-9-8-10-12-20)19(4)34-27(31)18(3)16-22(29)25-26(30)24(32-5)13-14-28-25/h8-14,18-19,21,23,30H,6-7,15-17H2,1-5H3/t18-,19-,21-,23-/m0/s1. The molecule has 0 aliphatic carbocycles. The Kier molecular flexibility index (Phi) is 11.0. The van der Waals surface area contributed by atoms with Crippen LogP contribution < -0.4 is 4.74 Å². The number of methoxy groups -OCH3 is 1. The van der Waals surface area contributed by atoms with E-state index >= 15 is 0 Å². The zero-order valence-corrected chi connectivity index (χ0v) is 20.8. The van der Waals surface area contributed by atoms with Crippen LogP contribution in [0.15, 0.2) is 42.6 Å². The lowest BCUT2D eigenvalue weighted by atomic mass is 9.88. The zero-order valence-electron chi connectivity index (χ0n) is 20.8. The third-order valence-corrected chi connectivity index (χ3v) is 5.90. The van der Waals surface area contributed by atoms with Crippen molar-refractivity contribution < 1.29 is 28.9 Å². The van der Waals surface area contributed by atoms with Crippen LogP contribution in [-0.2, 0) is 20.7 Å². The molecule has 2 aromatic rings. The van der Waals surface area contributed by atoms with E-state index in [1.165, 1.54) is 19.4 Å². The number of hydrogen-bond acceptors (Lipinski definition) is 7. The van der Waals surface area contributed by atoms with Gasteiger partial charge in [-0.25, -0.2) is 4.98 Å². The molecular weight excluding hydrogens is 434 g/mol. The summed E-state index contributed by atoms with van der Waals surface area (Å²) in [6.07, 6.45) is 3.21. The zero-order chi connectivity index (χ0) is 25.1. The van der Waals surface area contributed by atoms with Crippen molar-refractivity contribution in [1.82, 2.24) is 4.98 Å². The molecule has 0 aliphatic rings. The summed E-state index contributed by atoms with van der Waals surface area (Å²) < 4.78 is 17.0. The summed E-state index contributed by atoms with van der Waals surface area (Å²) in [6.45, 7) is 8.30. The Bertz CT molecular complexity index is 917. The normalized spacial score (nSPS) is 14.6. The van der Waals surface area contributed by atoms with E-state index in [-0.39, 0.29) is 35.6 Å². The maximum absolute atomic E-state index is 12.9. The van der Waals surface area contributed by atoms with Crippen LogP contribution >= 0.6 is 0 Å². The van der Waals surface area contributed by atoms with Gasteiger partial charge in [0.2, 0.25) is 0 Å². The van der Waals surface area contributed by atoms with E-state index in [1.54, 1.807) is 6.92 Å². The summed E-state index contributed by atoms with van der Waals surface area (Å²) in [7, 11) is 1.39. The van der Waals surface area contributed by atoms with Crippen LogP contribution in [0.5, 0.6) is 11.5 Å². The molecule has 4 atom stereocenters. The van der Waals surface area contributed by atoms with Gasteiger partial charge in [0.1, 0.15) is 6.10 Å². The van der Waals surface area contributed by atoms with Gasteiger partial charge in [-0.2, -0.15) is 0 Å². The first-order valence-electron chi connectivity index (χ1n) is 11.9. The van der Waals surface area contributed by atoms with Gasteiger partial charge < -0.3 is 19.3 Å². The SMILES string of the molecule is CCCO[C@@H](CC)[C@@H](Cc1ccccc1)[C@H](C)OC(=O)[C@@H](C)CC(=O)c1nccc(OC)c1O. The lowest BCUT2D eigenvalue weighted by Gasteiger charge is -2.32. The van der Waals surface area contributed by atoms with Gasteiger partial charge in [0, 0.05) is 31.2 Å². The van der Waals surface area contributed by atoms with Crippen LogP contribution in [-0.4, -0.2) is 47.8 Å². The van der Waals surface area contributed by atoms with E-state index in [2.05, 4.69) is 31.0 Å². The molecule has 0 radical (unpaired) electrons. The number of hydrogen-bond donors (Lipinski definition) is 1. The summed E-state index contributed by atoms with van der Waals surface area (Å²) in [5.41, 5.74) is 1.03. The van der Waals surface area contributed by atoms with Gasteiger partial charge in [-0.3, -0.25) is 9.59 Å². The van der Waals surface area contributed by atoms with Crippen molar-refractivity contribution in [3.8, 4) is 11.5 Å². The van der Waals surface area contributed by atoms with Gasteiger partial charge in [0.05, 0.1) is 19.1 Å². The Balaban J connectivity index is 2.09. The lowest BCUT2D eigenvalue weighted by Crippen LogP contribution is -2.37. The van der Waals surface area contributed by atoms with E-state index in [1.807, 2.05) is 25.1 Å². The second-order valence-corrected chi connectivity index (χ2v) is 8.55. The lowest BCUT2D eigenvalue weighted by molar-refractivity contribution is -0.158. The minimum Gasteiger partial charge on any atom is -0.503 e. The number of esters is 1. The van der Waals surface area contributed by atoms with Crippen molar-refractivity contribution >= 4 is 11.8 Å². The molecule has 0 unspecified atom stereocenters. The molecule has 186 valence electrons. The van der Waals surface area contributed by atoms with Crippen LogP contribution in [0.25, 0.3) is 0 Å². The van der Waals surface area contributed by atoms with E-state index in [9.17, 15) is 14.7 Å². The predicted molar refractivity (Wildman–Crippen MR) is 130 cm³/mol. The van der Waals surface area contributed by atoms with Gasteiger partial charge in [-0.15, -0.1) is 0 Å². The van der Waals surface area contributed by atoms with Crippen molar-refractivity contribution in [1.29, 1.82) is 0 Å². The molecule has 1 N–H and O–H groups in total. The topological polar surface area (TPSA) is 95.0 Å². The molecule has 1 aromatic carbocycles. The summed E-state index contributed by atoms with van der Waals surface area (Å²) in [6, 6.07) is 11.5. The van der Waals surface area contributed by atoms with E-state index in [0.29, 0.717) is 13.0 Å². The molecule has 0 saturated heterocycles. The number of pyridine rings is 1.